The Labute approximate surface area is 47.6 Å². The first-order valence-corrected chi connectivity index (χ1v) is 2.59. The molecule has 0 unspecified atom stereocenters. The zero-order chi connectivity index (χ0) is 6.57. The molecule has 0 rings (SSSR count). The van der Waals surface area contributed by atoms with Gasteiger partial charge in [0.15, 0.2) is 0 Å². The van der Waals surface area contributed by atoms with Crippen LogP contribution < -0.4 is 0 Å². The molecule has 0 fully saturated rings. The van der Waals surface area contributed by atoms with Crippen molar-refractivity contribution in [2.45, 2.75) is 0 Å². The molecule has 0 aliphatic carbocycles. The molecule has 0 aromatic heterocycles. The SMILES string of the molecule is C#CC(=O)O[SH](=O)=O. The predicted octanol–water partition coefficient (Wildman–Crippen LogP) is -1.31. The smallest absolute Gasteiger partial charge is 0.337 e. The van der Waals surface area contributed by atoms with Gasteiger partial charge in [0.2, 0.25) is 0 Å². The minimum atomic E-state index is -3.14. The molecule has 44 valence electrons. The van der Waals surface area contributed by atoms with E-state index < -0.39 is 17.0 Å². The van der Waals surface area contributed by atoms with Crippen molar-refractivity contribution >= 4 is 17.0 Å². The Hall–Kier alpha value is -1.02. The lowest BCUT2D eigenvalue weighted by Crippen LogP contribution is -1.97. The molecule has 0 atom stereocenters. The molecule has 0 radical (unpaired) electrons. The van der Waals surface area contributed by atoms with Gasteiger partial charge in [-0.05, 0) is 0 Å². The van der Waals surface area contributed by atoms with Crippen LogP contribution in [0.4, 0.5) is 0 Å². The van der Waals surface area contributed by atoms with E-state index in [9.17, 15) is 13.2 Å². The van der Waals surface area contributed by atoms with Crippen molar-refractivity contribution in [2.24, 2.45) is 0 Å². The van der Waals surface area contributed by atoms with E-state index in [2.05, 4.69) is 10.6 Å². The first-order chi connectivity index (χ1) is 3.66. The van der Waals surface area contributed by atoms with E-state index in [0.29, 0.717) is 0 Å². The molecular weight excluding hydrogens is 132 g/mol. The quantitative estimate of drug-likeness (QED) is 0.357. The van der Waals surface area contributed by atoms with Crippen LogP contribution in [0, 0.1) is 12.3 Å². The van der Waals surface area contributed by atoms with Crippen LogP contribution in [0.25, 0.3) is 0 Å². The van der Waals surface area contributed by atoms with E-state index in [-0.39, 0.29) is 0 Å². The predicted molar refractivity (Wildman–Crippen MR) is 25.2 cm³/mol. The summed E-state index contributed by atoms with van der Waals surface area (Å²) in [5.74, 6) is 0.258. The molecule has 0 heterocycles. The molecular formula is C3H2O4S. The summed E-state index contributed by atoms with van der Waals surface area (Å²) in [5.41, 5.74) is 0. The molecule has 0 bridgehead atoms. The number of terminal acetylenes is 1. The van der Waals surface area contributed by atoms with Crippen molar-refractivity contribution in [3.05, 3.63) is 0 Å². The van der Waals surface area contributed by atoms with Crippen LogP contribution in [0.2, 0.25) is 0 Å². The fourth-order valence-corrected chi connectivity index (χ4v) is 0.282. The molecule has 0 amide bonds. The molecule has 0 aromatic rings. The highest BCUT2D eigenvalue weighted by atomic mass is 32.2. The van der Waals surface area contributed by atoms with Crippen molar-refractivity contribution in [1.82, 2.24) is 0 Å². The van der Waals surface area contributed by atoms with Gasteiger partial charge in [0.25, 0.3) is 0 Å². The van der Waals surface area contributed by atoms with Crippen molar-refractivity contribution in [2.75, 3.05) is 0 Å². The van der Waals surface area contributed by atoms with Crippen molar-refractivity contribution < 1.29 is 17.4 Å². The van der Waals surface area contributed by atoms with E-state index in [1.54, 1.807) is 0 Å². The summed E-state index contributed by atoms with van der Waals surface area (Å²) >= 11 is 0. The van der Waals surface area contributed by atoms with Gasteiger partial charge in [0.05, 0.1) is 0 Å². The average Bonchev–Trinajstić information content (AvgIpc) is 1.65. The van der Waals surface area contributed by atoms with Gasteiger partial charge >= 0.3 is 17.0 Å². The summed E-state index contributed by atoms with van der Waals surface area (Å²) in [5, 5.41) is 0. The molecule has 0 N–H and O–H groups in total. The summed E-state index contributed by atoms with van der Waals surface area (Å²) in [7, 11) is -3.14. The van der Waals surface area contributed by atoms with Gasteiger partial charge in [0.1, 0.15) is 0 Å². The van der Waals surface area contributed by atoms with Crippen LogP contribution >= 0.6 is 0 Å². The molecule has 8 heavy (non-hydrogen) atoms. The highest BCUT2D eigenvalue weighted by Crippen LogP contribution is 1.71. The molecule has 0 aromatic carbocycles. The Bertz CT molecular complexity index is 188. The highest BCUT2D eigenvalue weighted by molar-refractivity contribution is 7.67. The summed E-state index contributed by atoms with van der Waals surface area (Å²) in [4.78, 5) is 9.78. The minimum absolute atomic E-state index is 1.19. The van der Waals surface area contributed by atoms with Crippen LogP contribution in [-0.2, 0) is 20.0 Å². The lowest BCUT2D eigenvalue weighted by atomic mass is 10.7. The van der Waals surface area contributed by atoms with Gasteiger partial charge in [-0.2, -0.15) is 8.42 Å². The largest absolute Gasteiger partial charge is 0.399 e. The van der Waals surface area contributed by atoms with Gasteiger partial charge < -0.3 is 4.18 Å². The molecule has 4 nitrogen and oxygen atoms in total. The second-order valence-electron chi connectivity index (χ2n) is 0.747. The maximum atomic E-state index is 9.78. The topological polar surface area (TPSA) is 60.4 Å². The molecule has 0 aliphatic heterocycles. The first kappa shape index (κ1) is 6.98. The number of hydrogen-bond acceptors (Lipinski definition) is 4. The van der Waals surface area contributed by atoms with Crippen LogP contribution in [-0.4, -0.2) is 14.4 Å². The van der Waals surface area contributed by atoms with Gasteiger partial charge in [-0.3, -0.25) is 0 Å². The van der Waals surface area contributed by atoms with E-state index in [0.717, 1.165) is 0 Å². The molecule has 0 saturated carbocycles. The molecule has 0 aliphatic rings. The lowest BCUT2D eigenvalue weighted by Gasteiger charge is -1.80. The monoisotopic (exact) mass is 134 g/mol. The Kier molecular flexibility index (Phi) is 2.66. The van der Waals surface area contributed by atoms with Crippen molar-refractivity contribution in [3.63, 3.8) is 0 Å². The van der Waals surface area contributed by atoms with E-state index in [1.165, 1.54) is 5.92 Å². The maximum absolute atomic E-state index is 9.78. The molecule has 0 spiro atoms. The van der Waals surface area contributed by atoms with Gasteiger partial charge in [-0.25, -0.2) is 4.79 Å². The summed E-state index contributed by atoms with van der Waals surface area (Å²) < 4.78 is 22.4. The Morgan fingerprint density at radius 3 is 2.25 bits per heavy atom. The third kappa shape index (κ3) is 3.18. The molecule has 5 heteroatoms. The summed E-state index contributed by atoms with van der Waals surface area (Å²) in [6, 6.07) is 0. The Morgan fingerprint density at radius 2 is 2.12 bits per heavy atom. The Balaban J connectivity index is 3.79. The summed E-state index contributed by atoms with van der Waals surface area (Å²) in [6.07, 6.45) is 4.43. The number of rotatable bonds is 1. The first-order valence-electron chi connectivity index (χ1n) is 1.49. The molecule has 0 saturated heterocycles. The van der Waals surface area contributed by atoms with Gasteiger partial charge in [-0.1, -0.05) is 0 Å². The number of hydrogen-bond donors (Lipinski definition) is 1. The zero-order valence-corrected chi connectivity index (χ0v) is 4.55. The third-order valence-corrected chi connectivity index (χ3v) is 0.590. The second kappa shape index (κ2) is 3.04. The Morgan fingerprint density at radius 1 is 1.62 bits per heavy atom. The second-order valence-corrected chi connectivity index (χ2v) is 1.38. The fraction of sp³-hybridized carbons (Fsp3) is 0. The van der Waals surface area contributed by atoms with Gasteiger partial charge in [0, 0.05) is 5.92 Å². The van der Waals surface area contributed by atoms with E-state index in [1.807, 2.05) is 0 Å². The van der Waals surface area contributed by atoms with E-state index >= 15 is 0 Å². The van der Waals surface area contributed by atoms with Gasteiger partial charge in [-0.15, -0.1) is 6.42 Å². The third-order valence-electron chi connectivity index (χ3n) is 0.275. The fourth-order valence-electron chi connectivity index (χ4n) is 0.0940. The number of carbonyl (C=O) groups is 1. The van der Waals surface area contributed by atoms with Crippen LogP contribution in [0.5, 0.6) is 0 Å². The number of carbonyl (C=O) groups excluding carboxylic acids is 1. The van der Waals surface area contributed by atoms with Crippen LogP contribution in [0.3, 0.4) is 0 Å². The highest BCUT2D eigenvalue weighted by Gasteiger charge is 1.93. The zero-order valence-electron chi connectivity index (χ0n) is 3.66. The summed E-state index contributed by atoms with van der Waals surface area (Å²) in [6.45, 7) is 0. The lowest BCUT2D eigenvalue weighted by molar-refractivity contribution is -0.127. The minimum Gasteiger partial charge on any atom is -0.337 e. The van der Waals surface area contributed by atoms with Crippen molar-refractivity contribution in [3.8, 4) is 12.3 Å². The van der Waals surface area contributed by atoms with E-state index in [4.69, 9.17) is 0 Å². The normalized spacial score (nSPS) is 8.00. The standard InChI is InChI=1S/C3H2O4S/c1-2-3(4)7-8(5)6/h1,8H. The van der Waals surface area contributed by atoms with Crippen LogP contribution in [0.15, 0.2) is 0 Å². The van der Waals surface area contributed by atoms with Crippen molar-refractivity contribution in [1.29, 1.82) is 0 Å². The maximum Gasteiger partial charge on any atom is 0.399 e. The number of thiol groups is 1. The average molecular weight is 134 g/mol. The van der Waals surface area contributed by atoms with Crippen LogP contribution in [0.1, 0.15) is 0 Å².